The maximum absolute atomic E-state index is 6.60. The van der Waals surface area contributed by atoms with E-state index in [0.717, 1.165) is 65.8 Å². The summed E-state index contributed by atoms with van der Waals surface area (Å²) >= 11 is 1.76. The number of nitrogens with zero attached hydrogens (tertiary/aromatic N) is 4. The Morgan fingerprint density at radius 1 is 0.473 bits per heavy atom. The molecule has 0 N–H and O–H groups in total. The van der Waals surface area contributed by atoms with Crippen molar-refractivity contribution in [1.82, 2.24) is 19.9 Å². The van der Waals surface area contributed by atoms with E-state index >= 15 is 0 Å². The maximum atomic E-state index is 6.60. The molecule has 7 aromatic carbocycles. The largest absolute Gasteiger partial charge is 0.456 e. The summed E-state index contributed by atoms with van der Waals surface area (Å²) in [5, 5.41) is 3.19. The minimum Gasteiger partial charge on any atom is -0.456 e. The van der Waals surface area contributed by atoms with Crippen LogP contribution in [0.25, 0.3) is 99.1 Å². The van der Waals surface area contributed by atoms with Crippen LogP contribution >= 0.6 is 11.3 Å². The summed E-state index contributed by atoms with van der Waals surface area (Å²) in [6, 6.07) is 54.7. The maximum Gasteiger partial charge on any atom is 0.164 e. The molecule has 0 saturated heterocycles. The molecule has 260 valence electrons. The summed E-state index contributed by atoms with van der Waals surface area (Å²) in [5.74, 6) is 1.83. The van der Waals surface area contributed by atoms with E-state index in [4.69, 9.17) is 24.4 Å². The number of benzene rings is 7. The van der Waals surface area contributed by atoms with E-state index in [1.807, 2.05) is 72.8 Å². The van der Waals surface area contributed by atoms with E-state index in [0.29, 0.717) is 17.5 Å². The topological polar surface area (TPSA) is 64.7 Å². The highest BCUT2D eigenvalue weighted by molar-refractivity contribution is 7.21. The van der Waals surface area contributed by atoms with Crippen molar-refractivity contribution in [3.8, 4) is 67.0 Å². The Morgan fingerprint density at radius 2 is 1.07 bits per heavy atom. The highest BCUT2D eigenvalue weighted by atomic mass is 32.1. The lowest BCUT2D eigenvalue weighted by Gasteiger charge is -2.22. The van der Waals surface area contributed by atoms with Gasteiger partial charge in [0.05, 0.1) is 10.2 Å². The molecule has 0 saturated carbocycles. The number of fused-ring (bicyclic) bond motifs is 8. The molecular weight excluding hydrogens is 693 g/mol. The monoisotopic (exact) mass is 724 g/mol. The van der Waals surface area contributed by atoms with Crippen molar-refractivity contribution in [2.45, 2.75) is 19.3 Å². The second-order valence-electron chi connectivity index (χ2n) is 14.6. The van der Waals surface area contributed by atoms with Crippen LogP contribution in [-0.2, 0) is 5.41 Å². The zero-order valence-corrected chi connectivity index (χ0v) is 30.9. The highest BCUT2D eigenvalue weighted by Gasteiger charge is 2.38. The van der Waals surface area contributed by atoms with Crippen molar-refractivity contribution in [3.05, 3.63) is 169 Å². The molecule has 0 amide bonds. The van der Waals surface area contributed by atoms with E-state index < -0.39 is 0 Å². The molecule has 0 radical (unpaired) electrons. The zero-order chi connectivity index (χ0) is 36.7. The fourth-order valence-corrected chi connectivity index (χ4v) is 9.28. The first-order chi connectivity index (χ1) is 27.0. The standard InChI is InChI=1S/C49H32N4OS/c1-49(2)38-27-32(22-23-34(38)35-24-25-41-44(43(35)49)50-48(55-41)31-18-10-5-11-19-31)37-26-33(28-40-42(37)36-20-12-13-21-39(36)54-40)47-52-45(29-14-6-3-7-15-29)51-46(53-47)30-16-8-4-9-17-30/h3-28H,1-2H3. The molecule has 1 aliphatic carbocycles. The number of rotatable bonds is 5. The first-order valence-corrected chi connectivity index (χ1v) is 19.3. The van der Waals surface area contributed by atoms with Crippen LogP contribution in [0.15, 0.2) is 162 Å². The third-order valence-corrected chi connectivity index (χ3v) is 12.0. The molecule has 5 nitrogen and oxygen atoms in total. The number of hydrogen-bond acceptors (Lipinski definition) is 6. The molecular formula is C49H32N4OS. The van der Waals surface area contributed by atoms with Gasteiger partial charge in [0, 0.05) is 38.4 Å². The van der Waals surface area contributed by atoms with Gasteiger partial charge in [0.15, 0.2) is 17.5 Å². The highest BCUT2D eigenvalue weighted by Crippen LogP contribution is 2.53. The molecule has 0 aliphatic heterocycles. The van der Waals surface area contributed by atoms with Crippen LogP contribution in [0.3, 0.4) is 0 Å². The molecule has 0 spiro atoms. The van der Waals surface area contributed by atoms with Crippen molar-refractivity contribution >= 4 is 43.5 Å². The summed E-state index contributed by atoms with van der Waals surface area (Å²) in [6.45, 7) is 4.67. The quantitative estimate of drug-likeness (QED) is 0.177. The first-order valence-electron chi connectivity index (χ1n) is 18.5. The van der Waals surface area contributed by atoms with E-state index in [2.05, 4.69) is 98.8 Å². The average Bonchev–Trinajstić information content (AvgIpc) is 3.91. The van der Waals surface area contributed by atoms with Crippen LogP contribution in [0.2, 0.25) is 0 Å². The van der Waals surface area contributed by atoms with Crippen molar-refractivity contribution in [2.75, 3.05) is 0 Å². The molecule has 0 bridgehead atoms. The number of thiazole rings is 1. The van der Waals surface area contributed by atoms with Crippen LogP contribution in [0.1, 0.15) is 25.0 Å². The smallest absolute Gasteiger partial charge is 0.164 e. The minimum absolute atomic E-state index is 0.277. The Bertz CT molecular complexity index is 3050. The number of hydrogen-bond donors (Lipinski definition) is 0. The second-order valence-corrected chi connectivity index (χ2v) is 15.7. The fourth-order valence-electron chi connectivity index (χ4n) is 8.30. The van der Waals surface area contributed by atoms with E-state index in [1.165, 1.54) is 27.0 Å². The van der Waals surface area contributed by atoms with Gasteiger partial charge in [-0.25, -0.2) is 19.9 Å². The van der Waals surface area contributed by atoms with Crippen LogP contribution in [0.5, 0.6) is 0 Å². The Morgan fingerprint density at radius 3 is 1.76 bits per heavy atom. The van der Waals surface area contributed by atoms with Gasteiger partial charge >= 0.3 is 0 Å². The van der Waals surface area contributed by atoms with Gasteiger partial charge in [-0.15, -0.1) is 11.3 Å². The summed E-state index contributed by atoms with van der Waals surface area (Å²) in [6.07, 6.45) is 0. The first kappa shape index (κ1) is 31.7. The van der Waals surface area contributed by atoms with Gasteiger partial charge in [0.25, 0.3) is 0 Å². The second kappa shape index (κ2) is 12.1. The zero-order valence-electron chi connectivity index (χ0n) is 30.1. The van der Waals surface area contributed by atoms with Crippen molar-refractivity contribution in [3.63, 3.8) is 0 Å². The molecule has 1 aliphatic rings. The van der Waals surface area contributed by atoms with E-state index in [-0.39, 0.29) is 5.41 Å². The van der Waals surface area contributed by atoms with Gasteiger partial charge in [-0.05, 0) is 63.7 Å². The summed E-state index contributed by atoms with van der Waals surface area (Å²) in [5.41, 5.74) is 13.6. The lowest BCUT2D eigenvalue weighted by molar-refractivity contribution is 0.665. The molecule has 3 heterocycles. The van der Waals surface area contributed by atoms with Gasteiger partial charge in [0.2, 0.25) is 0 Å². The minimum atomic E-state index is -0.277. The molecule has 10 aromatic rings. The van der Waals surface area contributed by atoms with Gasteiger partial charge in [-0.3, -0.25) is 0 Å². The lowest BCUT2D eigenvalue weighted by Crippen LogP contribution is -2.15. The molecule has 0 fully saturated rings. The predicted octanol–water partition coefficient (Wildman–Crippen LogP) is 13.0. The normalized spacial score (nSPS) is 13.1. The molecule has 55 heavy (non-hydrogen) atoms. The van der Waals surface area contributed by atoms with Crippen molar-refractivity contribution in [1.29, 1.82) is 0 Å². The number of furan rings is 1. The van der Waals surface area contributed by atoms with E-state index in [1.54, 1.807) is 11.3 Å². The fraction of sp³-hybridized carbons (Fsp3) is 0.0612. The Hall–Kier alpha value is -6.76. The number of aromatic nitrogens is 4. The van der Waals surface area contributed by atoms with Crippen LogP contribution in [0, 0.1) is 0 Å². The van der Waals surface area contributed by atoms with Gasteiger partial charge in [-0.2, -0.15) is 0 Å². The van der Waals surface area contributed by atoms with Gasteiger partial charge < -0.3 is 4.42 Å². The van der Waals surface area contributed by atoms with Crippen LogP contribution < -0.4 is 0 Å². The molecule has 0 unspecified atom stereocenters. The van der Waals surface area contributed by atoms with E-state index in [9.17, 15) is 0 Å². The summed E-state index contributed by atoms with van der Waals surface area (Å²) in [4.78, 5) is 20.4. The SMILES string of the molecule is CC1(C)c2cc(-c3cc(-c4nc(-c5ccccc5)nc(-c5ccccc5)n4)cc4oc5ccccc5c34)ccc2-c2ccc3sc(-c4ccccc4)nc3c21. The molecule has 6 heteroatoms. The average molecular weight is 725 g/mol. The van der Waals surface area contributed by atoms with Crippen molar-refractivity contribution < 1.29 is 4.42 Å². The third kappa shape index (κ3) is 5.06. The Labute approximate surface area is 321 Å². The summed E-state index contributed by atoms with van der Waals surface area (Å²) in [7, 11) is 0. The van der Waals surface area contributed by atoms with Crippen LogP contribution in [0.4, 0.5) is 0 Å². The molecule has 11 rings (SSSR count). The lowest BCUT2D eigenvalue weighted by atomic mass is 9.81. The Kier molecular flexibility index (Phi) is 7.00. The van der Waals surface area contributed by atoms with Gasteiger partial charge in [0.1, 0.15) is 16.2 Å². The van der Waals surface area contributed by atoms with Crippen LogP contribution in [-0.4, -0.2) is 19.9 Å². The molecule has 0 atom stereocenters. The number of para-hydroxylation sites is 1. The predicted molar refractivity (Wildman–Crippen MR) is 225 cm³/mol. The van der Waals surface area contributed by atoms with Crippen molar-refractivity contribution in [2.24, 2.45) is 0 Å². The molecule has 3 aromatic heterocycles. The van der Waals surface area contributed by atoms with Gasteiger partial charge in [-0.1, -0.05) is 141 Å². The third-order valence-electron chi connectivity index (χ3n) is 10.9. The Balaban J connectivity index is 1.11. The summed E-state index contributed by atoms with van der Waals surface area (Å²) < 4.78 is 7.81.